The number of aryl methyl sites for hydroxylation is 2. The number of nitrogens with one attached hydrogen (secondary N) is 1. The third-order valence-corrected chi connectivity index (χ3v) is 5.62. The van der Waals surface area contributed by atoms with Crippen LogP contribution in [0.3, 0.4) is 0 Å². The molecule has 1 N–H and O–H groups in total. The van der Waals surface area contributed by atoms with Crippen LogP contribution in [0.15, 0.2) is 30.5 Å². The zero-order valence-electron chi connectivity index (χ0n) is 18.7. The van der Waals surface area contributed by atoms with Crippen LogP contribution < -0.4 is 10.1 Å². The molecule has 31 heavy (non-hydrogen) atoms. The van der Waals surface area contributed by atoms with Gasteiger partial charge in [0, 0.05) is 31.6 Å². The Morgan fingerprint density at radius 1 is 1.23 bits per heavy atom. The zero-order chi connectivity index (χ0) is 22.2. The molecular weight excluding hydrogens is 394 g/mol. The van der Waals surface area contributed by atoms with Gasteiger partial charge in [0.25, 0.3) is 5.91 Å². The van der Waals surface area contributed by atoms with Gasteiger partial charge in [0.1, 0.15) is 5.75 Å². The molecule has 0 radical (unpaired) electrons. The Labute approximate surface area is 183 Å². The molecule has 1 aromatic heterocycles. The van der Waals surface area contributed by atoms with Gasteiger partial charge in [-0.1, -0.05) is 17.3 Å². The van der Waals surface area contributed by atoms with E-state index in [1.807, 2.05) is 43.0 Å². The maximum absolute atomic E-state index is 12.9. The van der Waals surface area contributed by atoms with E-state index in [0.29, 0.717) is 18.7 Å². The van der Waals surface area contributed by atoms with Crippen molar-refractivity contribution in [1.29, 1.82) is 0 Å². The highest BCUT2D eigenvalue weighted by molar-refractivity contribution is 5.91. The third kappa shape index (κ3) is 6.54. The average molecular weight is 428 g/mol. The van der Waals surface area contributed by atoms with Crippen LogP contribution in [0.5, 0.6) is 5.75 Å². The van der Waals surface area contributed by atoms with Crippen LogP contribution in [0.4, 0.5) is 0 Å². The first kappa shape index (κ1) is 22.8. The van der Waals surface area contributed by atoms with Crippen molar-refractivity contribution in [3.63, 3.8) is 0 Å². The number of aromatic nitrogens is 3. The number of hydrogen-bond donors (Lipinski definition) is 1. The summed E-state index contributed by atoms with van der Waals surface area (Å²) in [6, 6.07) is 8.13. The summed E-state index contributed by atoms with van der Waals surface area (Å²) in [4.78, 5) is 27.0. The van der Waals surface area contributed by atoms with Crippen molar-refractivity contribution >= 4 is 11.8 Å². The SMILES string of the molecule is COc1ccc(CCC(=O)N2CCCC[C@H]2CCn2cc(C(=O)NC(C)C)nn2)cc1. The molecule has 1 saturated heterocycles. The topological polar surface area (TPSA) is 89.4 Å². The first-order valence-electron chi connectivity index (χ1n) is 11.1. The van der Waals surface area contributed by atoms with Gasteiger partial charge in [-0.15, -0.1) is 5.10 Å². The second kappa shape index (κ2) is 10.9. The van der Waals surface area contributed by atoms with E-state index >= 15 is 0 Å². The van der Waals surface area contributed by atoms with Crippen molar-refractivity contribution in [3.8, 4) is 5.75 Å². The quantitative estimate of drug-likeness (QED) is 0.665. The fourth-order valence-corrected chi connectivity index (χ4v) is 3.95. The van der Waals surface area contributed by atoms with Gasteiger partial charge in [0.2, 0.25) is 5.91 Å². The van der Waals surface area contributed by atoms with Crippen LogP contribution in [0.2, 0.25) is 0 Å². The molecule has 0 bridgehead atoms. The number of benzene rings is 1. The molecule has 1 aliphatic heterocycles. The highest BCUT2D eigenvalue weighted by Crippen LogP contribution is 2.22. The lowest BCUT2D eigenvalue weighted by Crippen LogP contribution is -2.44. The lowest BCUT2D eigenvalue weighted by atomic mass is 9.98. The summed E-state index contributed by atoms with van der Waals surface area (Å²) in [6.45, 7) is 5.26. The molecule has 0 unspecified atom stereocenters. The minimum atomic E-state index is -0.214. The summed E-state index contributed by atoms with van der Waals surface area (Å²) in [5, 5.41) is 10.9. The van der Waals surface area contributed by atoms with Crippen LogP contribution in [0.25, 0.3) is 0 Å². The average Bonchev–Trinajstić information content (AvgIpc) is 3.25. The van der Waals surface area contributed by atoms with Gasteiger partial charge in [0.15, 0.2) is 5.69 Å². The number of nitrogens with zero attached hydrogens (tertiary/aromatic N) is 4. The summed E-state index contributed by atoms with van der Waals surface area (Å²) in [5.41, 5.74) is 1.46. The number of rotatable bonds is 9. The monoisotopic (exact) mass is 427 g/mol. The predicted octanol–water partition coefficient (Wildman–Crippen LogP) is 2.83. The van der Waals surface area contributed by atoms with E-state index in [-0.39, 0.29) is 23.9 Å². The Hall–Kier alpha value is -2.90. The summed E-state index contributed by atoms with van der Waals surface area (Å²) in [7, 11) is 1.65. The largest absolute Gasteiger partial charge is 0.497 e. The molecule has 0 aliphatic carbocycles. The predicted molar refractivity (Wildman–Crippen MR) is 118 cm³/mol. The zero-order valence-corrected chi connectivity index (χ0v) is 18.7. The Morgan fingerprint density at radius 2 is 2.00 bits per heavy atom. The molecule has 2 aromatic rings. The number of carbonyl (C=O) groups is 2. The molecule has 0 saturated carbocycles. The first-order valence-corrected chi connectivity index (χ1v) is 11.1. The molecule has 168 valence electrons. The standard InChI is InChI=1S/C23H33N5O3/c1-17(2)24-23(30)21-16-27(26-25-21)15-13-19-6-4-5-14-28(19)22(29)12-9-18-7-10-20(31-3)11-8-18/h7-8,10-11,16-17,19H,4-6,9,12-15H2,1-3H3,(H,24,30)/t19-/m0/s1. The summed E-state index contributed by atoms with van der Waals surface area (Å²) >= 11 is 0. The fraction of sp³-hybridized carbons (Fsp3) is 0.565. The van der Waals surface area contributed by atoms with Crippen LogP contribution in [0.1, 0.15) is 62.0 Å². The van der Waals surface area contributed by atoms with Gasteiger partial charge in [-0.2, -0.15) is 0 Å². The molecule has 2 heterocycles. The molecule has 8 heteroatoms. The highest BCUT2D eigenvalue weighted by Gasteiger charge is 2.26. The number of hydrogen-bond acceptors (Lipinski definition) is 5. The van der Waals surface area contributed by atoms with Gasteiger partial charge in [-0.05, 0) is 63.6 Å². The smallest absolute Gasteiger partial charge is 0.273 e. The van der Waals surface area contributed by atoms with E-state index in [2.05, 4.69) is 15.6 Å². The lowest BCUT2D eigenvalue weighted by Gasteiger charge is -2.36. The summed E-state index contributed by atoms with van der Waals surface area (Å²) < 4.78 is 6.89. The molecule has 3 rings (SSSR count). The second-order valence-electron chi connectivity index (χ2n) is 8.37. The normalized spacial score (nSPS) is 16.4. The number of amides is 2. The van der Waals surface area contributed by atoms with Crippen molar-refractivity contribution in [1.82, 2.24) is 25.2 Å². The highest BCUT2D eigenvalue weighted by atomic mass is 16.5. The van der Waals surface area contributed by atoms with E-state index in [9.17, 15) is 9.59 Å². The van der Waals surface area contributed by atoms with Gasteiger partial charge in [-0.25, -0.2) is 0 Å². The maximum atomic E-state index is 12.9. The molecule has 0 spiro atoms. The summed E-state index contributed by atoms with van der Waals surface area (Å²) in [5.74, 6) is 0.814. The molecule has 8 nitrogen and oxygen atoms in total. The molecule has 2 amide bonds. The van der Waals surface area contributed by atoms with E-state index in [1.165, 1.54) is 0 Å². The summed E-state index contributed by atoms with van der Waals surface area (Å²) in [6.07, 6.45) is 6.90. The van der Waals surface area contributed by atoms with E-state index in [1.54, 1.807) is 18.0 Å². The fourth-order valence-electron chi connectivity index (χ4n) is 3.95. The Balaban J connectivity index is 1.52. The van der Waals surface area contributed by atoms with Crippen molar-refractivity contribution in [2.24, 2.45) is 0 Å². The van der Waals surface area contributed by atoms with Crippen LogP contribution in [-0.4, -0.2) is 57.4 Å². The van der Waals surface area contributed by atoms with Gasteiger partial charge >= 0.3 is 0 Å². The molecular formula is C23H33N5O3. The number of carbonyl (C=O) groups excluding carboxylic acids is 2. The van der Waals surface area contributed by atoms with Crippen molar-refractivity contribution in [3.05, 3.63) is 41.7 Å². The third-order valence-electron chi connectivity index (χ3n) is 5.62. The minimum absolute atomic E-state index is 0.0531. The lowest BCUT2D eigenvalue weighted by molar-refractivity contribution is -0.135. The first-order chi connectivity index (χ1) is 15.0. The molecule has 1 aromatic carbocycles. The number of ether oxygens (including phenoxy) is 1. The molecule has 1 aliphatic rings. The number of methoxy groups -OCH3 is 1. The second-order valence-corrected chi connectivity index (χ2v) is 8.37. The van der Waals surface area contributed by atoms with Crippen molar-refractivity contribution < 1.29 is 14.3 Å². The van der Waals surface area contributed by atoms with Crippen molar-refractivity contribution in [2.45, 2.75) is 71.0 Å². The van der Waals surface area contributed by atoms with Crippen molar-refractivity contribution in [2.75, 3.05) is 13.7 Å². The van der Waals surface area contributed by atoms with Gasteiger partial charge in [-0.3, -0.25) is 14.3 Å². The van der Waals surface area contributed by atoms with E-state index in [4.69, 9.17) is 4.74 Å². The van der Waals surface area contributed by atoms with E-state index in [0.717, 1.165) is 50.0 Å². The van der Waals surface area contributed by atoms with Crippen LogP contribution in [-0.2, 0) is 17.8 Å². The number of piperidine rings is 1. The molecule has 1 atom stereocenters. The minimum Gasteiger partial charge on any atom is -0.497 e. The van der Waals surface area contributed by atoms with Crippen LogP contribution >= 0.6 is 0 Å². The van der Waals surface area contributed by atoms with Gasteiger partial charge < -0.3 is 15.0 Å². The number of likely N-dealkylation sites (tertiary alicyclic amines) is 1. The van der Waals surface area contributed by atoms with E-state index < -0.39 is 0 Å². The molecule has 1 fully saturated rings. The Bertz CT molecular complexity index is 862. The van der Waals surface area contributed by atoms with Crippen LogP contribution in [0, 0.1) is 0 Å². The Morgan fingerprint density at radius 3 is 2.71 bits per heavy atom. The Kier molecular flexibility index (Phi) is 8.03. The maximum Gasteiger partial charge on any atom is 0.273 e. The van der Waals surface area contributed by atoms with Gasteiger partial charge in [0.05, 0.1) is 13.3 Å².